The van der Waals surface area contributed by atoms with Gasteiger partial charge in [-0.1, -0.05) is 114 Å². The van der Waals surface area contributed by atoms with Crippen molar-refractivity contribution < 1.29 is 9.53 Å². The molecule has 0 aromatic rings. The first-order valence-electron chi connectivity index (χ1n) is 12.0. The van der Waals surface area contributed by atoms with Crippen molar-refractivity contribution in [1.29, 1.82) is 0 Å². The Morgan fingerprint density at radius 3 is 1.70 bits per heavy atom. The summed E-state index contributed by atoms with van der Waals surface area (Å²) >= 11 is 0. The molecule has 0 saturated carbocycles. The molecule has 2 unspecified atom stereocenters. The second kappa shape index (κ2) is 14.3. The number of ether oxygens (including phenoxy) is 1. The molecule has 2 fully saturated rings. The van der Waals surface area contributed by atoms with Crippen molar-refractivity contribution in [2.24, 2.45) is 0 Å². The predicted molar refractivity (Wildman–Crippen MR) is 118 cm³/mol. The van der Waals surface area contributed by atoms with Crippen LogP contribution in [0.3, 0.4) is 0 Å². The summed E-state index contributed by atoms with van der Waals surface area (Å²) in [6.07, 6.45) is 26.5. The Kier molecular flexibility index (Phi) is 11.9. The SMILES string of the molecule is COC(=O)CCCC=CB1C2CCCCCCCCCC1CCCCCC2. The highest BCUT2D eigenvalue weighted by atomic mass is 16.5. The van der Waals surface area contributed by atoms with Gasteiger partial charge in [-0.05, 0) is 12.8 Å². The van der Waals surface area contributed by atoms with Crippen LogP contribution in [0, 0.1) is 0 Å². The third kappa shape index (κ3) is 9.35. The quantitative estimate of drug-likeness (QED) is 0.282. The van der Waals surface area contributed by atoms with E-state index in [1.54, 1.807) is 0 Å². The van der Waals surface area contributed by atoms with Crippen molar-refractivity contribution in [2.75, 3.05) is 7.11 Å². The summed E-state index contributed by atoms with van der Waals surface area (Å²) in [4.78, 5) is 11.3. The Labute approximate surface area is 169 Å². The smallest absolute Gasteiger partial charge is 0.305 e. The van der Waals surface area contributed by atoms with Crippen molar-refractivity contribution in [2.45, 2.75) is 127 Å². The molecule has 2 aliphatic heterocycles. The first kappa shape index (κ1) is 22.6. The number of carbonyl (C=O) groups excluding carboxylic acids is 1. The third-order valence-electron chi connectivity index (χ3n) is 6.98. The van der Waals surface area contributed by atoms with Gasteiger partial charge in [0, 0.05) is 6.42 Å². The maximum absolute atomic E-state index is 11.3. The fraction of sp³-hybridized carbons (Fsp3) is 0.875. The summed E-state index contributed by atoms with van der Waals surface area (Å²) in [7, 11) is 1.49. The normalized spacial score (nSPS) is 26.3. The Morgan fingerprint density at radius 1 is 0.815 bits per heavy atom. The molecule has 0 amide bonds. The Hall–Kier alpha value is -0.725. The topological polar surface area (TPSA) is 26.3 Å². The van der Waals surface area contributed by atoms with E-state index in [-0.39, 0.29) is 5.97 Å². The van der Waals surface area contributed by atoms with Gasteiger partial charge in [0.05, 0.1) is 7.11 Å². The van der Waals surface area contributed by atoms with Crippen molar-refractivity contribution >= 4 is 12.7 Å². The van der Waals surface area contributed by atoms with Crippen molar-refractivity contribution in [1.82, 2.24) is 0 Å². The minimum Gasteiger partial charge on any atom is -0.469 e. The van der Waals surface area contributed by atoms with Gasteiger partial charge < -0.3 is 4.74 Å². The number of hydrogen-bond donors (Lipinski definition) is 0. The van der Waals surface area contributed by atoms with Crippen LogP contribution < -0.4 is 0 Å². The number of carbonyl (C=O) groups is 1. The fourth-order valence-corrected chi connectivity index (χ4v) is 5.34. The van der Waals surface area contributed by atoms with Gasteiger partial charge in [0.15, 0.2) is 6.71 Å². The van der Waals surface area contributed by atoms with E-state index in [9.17, 15) is 4.79 Å². The monoisotopic (exact) mass is 374 g/mol. The van der Waals surface area contributed by atoms with Crippen LogP contribution in [0.5, 0.6) is 0 Å². The van der Waals surface area contributed by atoms with Crippen LogP contribution in [0.2, 0.25) is 11.6 Å². The molecule has 2 saturated heterocycles. The molecule has 0 radical (unpaired) electrons. The lowest BCUT2D eigenvalue weighted by atomic mass is 9.31. The number of rotatable bonds is 5. The van der Waals surface area contributed by atoms with Crippen LogP contribution in [-0.4, -0.2) is 19.8 Å². The van der Waals surface area contributed by atoms with Crippen LogP contribution >= 0.6 is 0 Å². The van der Waals surface area contributed by atoms with E-state index in [0.29, 0.717) is 6.42 Å². The Balaban J connectivity index is 2.01. The highest BCUT2D eigenvalue weighted by molar-refractivity contribution is 6.67. The van der Waals surface area contributed by atoms with Crippen LogP contribution in [0.15, 0.2) is 12.1 Å². The molecule has 2 heterocycles. The van der Waals surface area contributed by atoms with Crippen LogP contribution in [0.1, 0.15) is 116 Å². The Morgan fingerprint density at radius 2 is 1.26 bits per heavy atom. The molecule has 0 N–H and O–H groups in total. The molecule has 27 heavy (non-hydrogen) atoms. The van der Waals surface area contributed by atoms with E-state index in [0.717, 1.165) is 31.2 Å². The zero-order chi connectivity index (χ0) is 19.2. The molecule has 0 aliphatic carbocycles. The number of methoxy groups -OCH3 is 1. The van der Waals surface area contributed by atoms with Gasteiger partial charge in [-0.3, -0.25) is 4.79 Å². The van der Waals surface area contributed by atoms with Gasteiger partial charge in [-0.25, -0.2) is 0 Å². The molecule has 0 aromatic heterocycles. The minimum atomic E-state index is -0.0731. The number of unbranched alkanes of at least 4 members (excludes halogenated alkanes) is 1. The van der Waals surface area contributed by atoms with Gasteiger partial charge in [0.2, 0.25) is 0 Å². The fourth-order valence-electron chi connectivity index (χ4n) is 5.34. The lowest BCUT2D eigenvalue weighted by Gasteiger charge is -2.30. The van der Waals surface area contributed by atoms with Gasteiger partial charge in [0.1, 0.15) is 0 Å². The van der Waals surface area contributed by atoms with Crippen molar-refractivity contribution in [3.05, 3.63) is 12.1 Å². The van der Waals surface area contributed by atoms with Crippen molar-refractivity contribution in [3.8, 4) is 0 Å². The molecular formula is C24H43BO2. The number of fused-ring (bicyclic) bond motifs is 2. The summed E-state index contributed by atoms with van der Waals surface area (Å²) < 4.78 is 4.77. The van der Waals surface area contributed by atoms with E-state index in [1.807, 2.05) is 0 Å². The van der Waals surface area contributed by atoms with Gasteiger partial charge in [-0.15, -0.1) is 5.98 Å². The van der Waals surface area contributed by atoms with Gasteiger partial charge in [-0.2, -0.15) is 0 Å². The lowest BCUT2D eigenvalue weighted by Crippen LogP contribution is -2.26. The number of hydrogen-bond acceptors (Lipinski definition) is 2. The first-order chi connectivity index (χ1) is 13.3. The zero-order valence-electron chi connectivity index (χ0n) is 17.9. The van der Waals surface area contributed by atoms with E-state index >= 15 is 0 Å². The number of esters is 1. The highest BCUT2D eigenvalue weighted by Crippen LogP contribution is 2.40. The van der Waals surface area contributed by atoms with E-state index in [1.165, 1.54) is 103 Å². The Bertz CT molecular complexity index is 399. The molecule has 2 nitrogen and oxygen atoms in total. The third-order valence-corrected chi connectivity index (χ3v) is 6.98. The zero-order valence-corrected chi connectivity index (χ0v) is 17.9. The molecule has 3 heteroatoms. The summed E-state index contributed by atoms with van der Waals surface area (Å²) in [5.41, 5.74) is 0. The maximum atomic E-state index is 11.3. The molecule has 0 aromatic carbocycles. The van der Waals surface area contributed by atoms with Crippen LogP contribution in [0.4, 0.5) is 0 Å². The standard InChI is InChI=1S/C24H43BO2/c1-27-24(26)20-14-9-15-21-25-22-16-10-5-3-2-4-6-11-17-23(25)19-13-8-7-12-18-22/h15,21-23H,2-14,16-20H2,1H3. The van der Waals surface area contributed by atoms with E-state index in [2.05, 4.69) is 12.1 Å². The molecule has 2 atom stereocenters. The summed E-state index contributed by atoms with van der Waals surface area (Å²) in [5, 5.41) is 0. The summed E-state index contributed by atoms with van der Waals surface area (Å²) in [6.45, 7) is 0.778. The number of allylic oxidation sites excluding steroid dienone is 1. The largest absolute Gasteiger partial charge is 0.469 e. The first-order valence-corrected chi connectivity index (χ1v) is 12.0. The van der Waals surface area contributed by atoms with Gasteiger partial charge in [0.25, 0.3) is 0 Å². The second-order valence-corrected chi connectivity index (χ2v) is 9.04. The molecular weight excluding hydrogens is 331 g/mol. The van der Waals surface area contributed by atoms with E-state index in [4.69, 9.17) is 4.74 Å². The van der Waals surface area contributed by atoms with Crippen LogP contribution in [-0.2, 0) is 9.53 Å². The molecule has 2 aliphatic rings. The van der Waals surface area contributed by atoms with Crippen molar-refractivity contribution in [3.63, 3.8) is 0 Å². The molecule has 154 valence electrons. The maximum Gasteiger partial charge on any atom is 0.305 e. The summed E-state index contributed by atoms with van der Waals surface area (Å²) in [5.74, 6) is 4.30. The molecule has 0 spiro atoms. The second-order valence-electron chi connectivity index (χ2n) is 9.04. The predicted octanol–water partition coefficient (Wildman–Crippen LogP) is 7.54. The van der Waals surface area contributed by atoms with Crippen LogP contribution in [0.25, 0.3) is 0 Å². The minimum absolute atomic E-state index is 0.0731. The average molecular weight is 374 g/mol. The highest BCUT2D eigenvalue weighted by Gasteiger charge is 2.30. The lowest BCUT2D eigenvalue weighted by molar-refractivity contribution is -0.140. The van der Waals surface area contributed by atoms with E-state index < -0.39 is 0 Å². The molecule has 2 bridgehead atoms. The average Bonchev–Trinajstić information content (AvgIpc) is 2.76. The summed E-state index contributed by atoms with van der Waals surface area (Å²) in [6, 6.07) is 0. The van der Waals surface area contributed by atoms with Gasteiger partial charge >= 0.3 is 5.97 Å². The molecule has 2 rings (SSSR count).